The lowest BCUT2D eigenvalue weighted by atomic mass is 10.0. The van der Waals surface area contributed by atoms with Crippen molar-refractivity contribution < 1.29 is 15.0 Å². The molecule has 0 aliphatic rings. The summed E-state index contributed by atoms with van der Waals surface area (Å²) in [7, 11) is 0. The molecule has 0 rings (SSSR count). The molecular weight excluding hydrogens is 963 g/mol. The van der Waals surface area contributed by atoms with Gasteiger partial charge in [0.1, 0.15) is 0 Å². The predicted octanol–water partition coefficient (Wildman–Crippen LogP) is 22.9. The van der Waals surface area contributed by atoms with Crippen LogP contribution in [0, 0.1) is 0 Å². The van der Waals surface area contributed by atoms with Crippen LogP contribution in [0.15, 0.2) is 158 Å². The number of nitrogens with one attached hydrogen (secondary N) is 1. The van der Waals surface area contributed by atoms with E-state index in [2.05, 4.69) is 165 Å². The number of hydrogen-bond donors (Lipinski definition) is 3. The first-order valence-electron chi connectivity index (χ1n) is 33.2. The van der Waals surface area contributed by atoms with E-state index in [1.54, 1.807) is 6.08 Å². The first kappa shape index (κ1) is 75.0. The fourth-order valence-electron chi connectivity index (χ4n) is 9.26. The number of aliphatic hydroxyl groups excluding tert-OH is 2. The van der Waals surface area contributed by atoms with E-state index in [9.17, 15) is 15.0 Å². The monoisotopic (exact) mass is 1090 g/mol. The summed E-state index contributed by atoms with van der Waals surface area (Å²) in [6.07, 6.45) is 109. The quantitative estimate of drug-likeness (QED) is 0.0420. The predicted molar refractivity (Wildman–Crippen MR) is 354 cm³/mol. The molecule has 4 nitrogen and oxygen atoms in total. The van der Waals surface area contributed by atoms with Gasteiger partial charge in [0.05, 0.1) is 18.8 Å². The van der Waals surface area contributed by atoms with Crippen molar-refractivity contribution in [2.45, 2.75) is 302 Å². The molecule has 4 heteroatoms. The highest BCUT2D eigenvalue weighted by atomic mass is 16.3. The van der Waals surface area contributed by atoms with E-state index in [0.717, 1.165) is 116 Å². The van der Waals surface area contributed by atoms with E-state index in [-0.39, 0.29) is 12.5 Å². The summed E-state index contributed by atoms with van der Waals surface area (Å²) in [6, 6.07) is -0.658. The molecule has 0 heterocycles. The molecule has 0 radical (unpaired) electrons. The van der Waals surface area contributed by atoms with E-state index in [1.165, 1.54) is 154 Å². The Morgan fingerprint density at radius 2 is 0.570 bits per heavy atom. The Morgan fingerprint density at radius 3 is 0.886 bits per heavy atom. The second kappa shape index (κ2) is 68.3. The number of carbonyl (C=O) groups is 1. The Bertz CT molecular complexity index is 1660. The Morgan fingerprint density at radius 1 is 0.316 bits per heavy atom. The molecule has 0 spiro atoms. The smallest absolute Gasteiger partial charge is 0.220 e. The molecule has 0 fully saturated rings. The van der Waals surface area contributed by atoms with E-state index in [0.29, 0.717) is 6.42 Å². The first-order chi connectivity index (χ1) is 39.2. The summed E-state index contributed by atoms with van der Waals surface area (Å²) >= 11 is 0. The summed E-state index contributed by atoms with van der Waals surface area (Å²) in [5, 5.41) is 23.2. The van der Waals surface area contributed by atoms with Crippen LogP contribution in [0.5, 0.6) is 0 Å². The van der Waals surface area contributed by atoms with Crippen molar-refractivity contribution in [3.8, 4) is 0 Å². The summed E-state index contributed by atoms with van der Waals surface area (Å²) in [5.74, 6) is -0.0891. The number of aliphatic hydroxyl groups is 2. The fourth-order valence-corrected chi connectivity index (χ4v) is 9.26. The van der Waals surface area contributed by atoms with Crippen LogP contribution in [-0.4, -0.2) is 34.9 Å². The molecule has 0 saturated heterocycles. The molecular formula is C75H125NO3. The summed E-state index contributed by atoms with van der Waals surface area (Å²) in [6.45, 7) is 4.19. The van der Waals surface area contributed by atoms with Crippen molar-refractivity contribution in [3.05, 3.63) is 158 Å². The van der Waals surface area contributed by atoms with Gasteiger partial charge < -0.3 is 15.5 Å². The second-order valence-electron chi connectivity index (χ2n) is 21.8. The number of hydrogen-bond acceptors (Lipinski definition) is 3. The molecule has 0 aromatic rings. The normalized spacial score (nSPS) is 13.8. The Kier molecular flexibility index (Phi) is 64.8. The molecule has 0 aromatic heterocycles. The summed E-state index contributed by atoms with van der Waals surface area (Å²) in [5.41, 5.74) is 0. The standard InChI is InChI=1S/C75H125NO3/c1-3-5-7-9-11-13-15-17-19-21-23-25-27-29-31-32-33-34-35-36-37-38-39-40-41-42-43-44-45-47-49-51-53-55-57-59-61-63-65-67-69-71-75(79)76-73(72-77)74(78)70-68-66-64-62-60-58-56-54-52-50-48-46-30-28-26-24-22-20-18-16-14-12-10-8-6-4-2/h5,7,11,13,17,19,23,25,29,31,33-34,36-37,39-40,42-43,45,47,51,53,60,62,68,70,73-74,77-78H,3-4,6,8-10,12,14-16,18,20-22,24,26-28,30,32,35,38,41,44,46,48-50,52,54-59,61,63-67,69,71-72H2,1-2H3,(H,76,79)/b7-5-,13-11-,19-17-,25-23-,31-29-,34-33-,37-36-,40-39-,43-42-,47-45-,53-51-,62-60+,70-68+. The largest absolute Gasteiger partial charge is 0.394 e. The minimum Gasteiger partial charge on any atom is -0.394 e. The van der Waals surface area contributed by atoms with Gasteiger partial charge in [-0.1, -0.05) is 326 Å². The average molecular weight is 1090 g/mol. The maximum atomic E-state index is 12.5. The highest BCUT2D eigenvalue weighted by Gasteiger charge is 2.18. The molecule has 2 unspecified atom stereocenters. The minimum absolute atomic E-state index is 0.0891. The van der Waals surface area contributed by atoms with E-state index in [1.807, 2.05) is 6.08 Å². The Labute approximate surface area is 490 Å². The van der Waals surface area contributed by atoms with Crippen molar-refractivity contribution >= 4 is 5.91 Å². The molecule has 1 amide bonds. The summed E-state index contributed by atoms with van der Waals surface area (Å²) < 4.78 is 0. The lowest BCUT2D eigenvalue weighted by Crippen LogP contribution is -2.45. The van der Waals surface area contributed by atoms with Gasteiger partial charge in [-0.15, -0.1) is 0 Å². The highest BCUT2D eigenvalue weighted by Crippen LogP contribution is 2.16. The van der Waals surface area contributed by atoms with E-state index < -0.39 is 12.1 Å². The maximum absolute atomic E-state index is 12.5. The molecule has 79 heavy (non-hydrogen) atoms. The number of carbonyl (C=O) groups excluding carboxylic acids is 1. The Hall–Kier alpha value is -3.99. The lowest BCUT2D eigenvalue weighted by molar-refractivity contribution is -0.123. The number of rotatable bonds is 59. The van der Waals surface area contributed by atoms with Gasteiger partial charge >= 0.3 is 0 Å². The third kappa shape index (κ3) is 64.7. The van der Waals surface area contributed by atoms with Crippen LogP contribution < -0.4 is 5.32 Å². The number of amides is 1. The zero-order valence-corrected chi connectivity index (χ0v) is 51.6. The first-order valence-corrected chi connectivity index (χ1v) is 33.2. The second-order valence-corrected chi connectivity index (χ2v) is 21.8. The van der Waals surface area contributed by atoms with Crippen LogP contribution in [-0.2, 0) is 4.79 Å². The zero-order chi connectivity index (χ0) is 56.9. The van der Waals surface area contributed by atoms with Crippen molar-refractivity contribution in [3.63, 3.8) is 0 Å². The maximum Gasteiger partial charge on any atom is 0.220 e. The zero-order valence-electron chi connectivity index (χ0n) is 51.6. The third-order valence-electron chi connectivity index (χ3n) is 14.2. The van der Waals surface area contributed by atoms with Crippen LogP contribution in [0.3, 0.4) is 0 Å². The highest BCUT2D eigenvalue weighted by molar-refractivity contribution is 5.76. The molecule has 2 atom stereocenters. The van der Waals surface area contributed by atoms with Gasteiger partial charge in [0.25, 0.3) is 0 Å². The van der Waals surface area contributed by atoms with Crippen molar-refractivity contribution in [2.24, 2.45) is 0 Å². The van der Waals surface area contributed by atoms with Crippen molar-refractivity contribution in [1.29, 1.82) is 0 Å². The van der Waals surface area contributed by atoms with Crippen molar-refractivity contribution in [1.82, 2.24) is 5.32 Å². The lowest BCUT2D eigenvalue weighted by Gasteiger charge is -2.19. The van der Waals surface area contributed by atoms with Crippen LogP contribution in [0.25, 0.3) is 0 Å². The van der Waals surface area contributed by atoms with Crippen LogP contribution in [0.1, 0.15) is 290 Å². The number of unbranched alkanes of at least 4 members (excludes halogenated alkanes) is 28. The molecule has 0 aliphatic heterocycles. The van der Waals surface area contributed by atoms with Gasteiger partial charge in [-0.3, -0.25) is 4.79 Å². The van der Waals surface area contributed by atoms with Gasteiger partial charge in [-0.2, -0.15) is 0 Å². The molecule has 3 N–H and O–H groups in total. The molecule has 0 bridgehead atoms. The SMILES string of the molecule is CC/C=C\C/C=C\C/C=C\C/C=C\C/C=C\C/C=C\C/C=C\C/C=C\C/C=C\C/C=C\C/C=C\CCCCCCCCCC(=O)NC(CO)C(O)/C=C/CC/C=C/CCCCCCCCCCCCCCCCCCCCCC. The van der Waals surface area contributed by atoms with Crippen LogP contribution >= 0.6 is 0 Å². The minimum atomic E-state index is -0.880. The van der Waals surface area contributed by atoms with Crippen LogP contribution in [0.2, 0.25) is 0 Å². The third-order valence-corrected chi connectivity index (χ3v) is 14.2. The Balaban J connectivity index is 3.65. The van der Waals surface area contributed by atoms with Gasteiger partial charge in [0.15, 0.2) is 0 Å². The van der Waals surface area contributed by atoms with E-state index in [4.69, 9.17) is 0 Å². The summed E-state index contributed by atoms with van der Waals surface area (Å²) in [4.78, 5) is 12.5. The molecule has 0 aliphatic carbocycles. The van der Waals surface area contributed by atoms with Gasteiger partial charge in [0.2, 0.25) is 5.91 Å². The topological polar surface area (TPSA) is 69.6 Å². The van der Waals surface area contributed by atoms with Gasteiger partial charge in [-0.05, 0) is 116 Å². The van der Waals surface area contributed by atoms with E-state index >= 15 is 0 Å². The molecule has 0 saturated carbocycles. The van der Waals surface area contributed by atoms with Gasteiger partial charge in [0, 0.05) is 6.42 Å². The van der Waals surface area contributed by atoms with Crippen molar-refractivity contribution in [2.75, 3.05) is 6.61 Å². The molecule has 0 aromatic carbocycles. The average Bonchev–Trinajstić information content (AvgIpc) is 3.45. The van der Waals surface area contributed by atoms with Gasteiger partial charge in [-0.25, -0.2) is 0 Å². The number of allylic oxidation sites excluding steroid dienone is 25. The fraction of sp³-hybridized carbons (Fsp3) is 0.640. The molecule has 448 valence electrons. The van der Waals surface area contributed by atoms with Crippen LogP contribution in [0.4, 0.5) is 0 Å².